The number of nitrogens with one attached hydrogen (secondary N) is 1. The lowest BCUT2D eigenvalue weighted by molar-refractivity contribution is 0.0948. The smallest absolute Gasteiger partial charge is 0.251 e. The molecule has 1 aromatic rings. The molecule has 0 aliphatic rings. The van der Waals surface area contributed by atoms with Gasteiger partial charge in [0.2, 0.25) is 0 Å². The van der Waals surface area contributed by atoms with Crippen molar-refractivity contribution in [3.63, 3.8) is 0 Å². The van der Waals surface area contributed by atoms with E-state index in [9.17, 15) is 4.79 Å². The summed E-state index contributed by atoms with van der Waals surface area (Å²) in [6.45, 7) is 6.51. The third kappa shape index (κ3) is 4.13. The molecule has 94 valence electrons. The van der Waals surface area contributed by atoms with Crippen molar-refractivity contribution in [1.29, 1.82) is 0 Å². The molecule has 1 aromatic carbocycles. The maximum atomic E-state index is 11.9. The van der Waals surface area contributed by atoms with Crippen LogP contribution >= 0.6 is 15.9 Å². The summed E-state index contributed by atoms with van der Waals surface area (Å²) in [5.74, 6) is 0.299. The largest absolute Gasteiger partial charge is 0.350 e. The molecule has 3 nitrogen and oxygen atoms in total. The fourth-order valence-electron chi connectivity index (χ4n) is 1.42. The third-order valence-corrected chi connectivity index (χ3v) is 3.28. The molecule has 4 heteroatoms. The van der Waals surface area contributed by atoms with E-state index in [1.807, 2.05) is 39.0 Å². The van der Waals surface area contributed by atoms with Crippen molar-refractivity contribution in [2.24, 2.45) is 11.7 Å². The lowest BCUT2D eigenvalue weighted by atomic mass is 10.0. The van der Waals surface area contributed by atoms with Gasteiger partial charge < -0.3 is 11.1 Å². The summed E-state index contributed by atoms with van der Waals surface area (Å²) in [7, 11) is 0. The second-order valence-electron chi connectivity index (χ2n) is 4.58. The maximum Gasteiger partial charge on any atom is 0.251 e. The minimum absolute atomic E-state index is 0.00490. The fourth-order valence-corrected chi connectivity index (χ4v) is 1.90. The molecule has 3 N–H and O–H groups in total. The predicted molar refractivity (Wildman–Crippen MR) is 74.0 cm³/mol. The van der Waals surface area contributed by atoms with Crippen molar-refractivity contribution in [3.8, 4) is 0 Å². The number of benzene rings is 1. The lowest BCUT2D eigenvalue weighted by Gasteiger charge is -2.16. The Balaban J connectivity index is 2.64. The predicted octanol–water partition coefficient (Wildman–Crippen LogP) is 2.47. The van der Waals surface area contributed by atoms with Crippen LogP contribution in [-0.2, 0) is 0 Å². The minimum Gasteiger partial charge on any atom is -0.350 e. The molecule has 1 unspecified atom stereocenters. The van der Waals surface area contributed by atoms with E-state index in [1.54, 1.807) is 0 Å². The molecule has 0 heterocycles. The summed E-state index contributed by atoms with van der Waals surface area (Å²) in [5, 5.41) is 2.86. The van der Waals surface area contributed by atoms with Crippen molar-refractivity contribution in [2.45, 2.75) is 26.8 Å². The van der Waals surface area contributed by atoms with Gasteiger partial charge in [-0.2, -0.15) is 0 Å². The van der Waals surface area contributed by atoms with E-state index < -0.39 is 0 Å². The van der Waals surface area contributed by atoms with Crippen LogP contribution in [-0.4, -0.2) is 18.5 Å². The van der Waals surface area contributed by atoms with Gasteiger partial charge in [-0.1, -0.05) is 29.8 Å². The van der Waals surface area contributed by atoms with Gasteiger partial charge in [-0.15, -0.1) is 0 Å². The Bertz CT molecular complexity index is 404. The van der Waals surface area contributed by atoms with Crippen LogP contribution in [0.5, 0.6) is 0 Å². The van der Waals surface area contributed by atoms with Gasteiger partial charge in [0, 0.05) is 22.6 Å². The Hall–Kier alpha value is -0.870. The van der Waals surface area contributed by atoms with E-state index in [1.165, 1.54) is 0 Å². The van der Waals surface area contributed by atoms with E-state index in [0.29, 0.717) is 18.0 Å². The molecule has 0 saturated carbocycles. The van der Waals surface area contributed by atoms with Gasteiger partial charge >= 0.3 is 0 Å². The zero-order valence-corrected chi connectivity index (χ0v) is 12.0. The molecule has 1 atom stereocenters. The Kier molecular flexibility index (Phi) is 5.15. The van der Waals surface area contributed by atoms with Crippen LogP contribution in [0.4, 0.5) is 0 Å². The SMILES string of the molecule is Cc1cc(Br)ccc1C(=O)NCC(N)C(C)C. The van der Waals surface area contributed by atoms with E-state index >= 15 is 0 Å². The van der Waals surface area contributed by atoms with Gasteiger partial charge in [0.15, 0.2) is 0 Å². The molecule has 0 spiro atoms. The number of carbonyl (C=O) groups excluding carboxylic acids is 1. The average Bonchev–Trinajstić information content (AvgIpc) is 2.25. The number of rotatable bonds is 4. The van der Waals surface area contributed by atoms with Gasteiger partial charge in [-0.25, -0.2) is 0 Å². The Morgan fingerprint density at radius 3 is 2.65 bits per heavy atom. The van der Waals surface area contributed by atoms with Crippen molar-refractivity contribution in [1.82, 2.24) is 5.32 Å². The number of amides is 1. The van der Waals surface area contributed by atoms with Crippen LogP contribution in [0.2, 0.25) is 0 Å². The van der Waals surface area contributed by atoms with Crippen molar-refractivity contribution < 1.29 is 4.79 Å². The summed E-state index contributed by atoms with van der Waals surface area (Å²) in [6, 6.07) is 5.60. The Morgan fingerprint density at radius 2 is 2.12 bits per heavy atom. The highest BCUT2D eigenvalue weighted by molar-refractivity contribution is 9.10. The highest BCUT2D eigenvalue weighted by Gasteiger charge is 2.12. The molecule has 0 radical (unpaired) electrons. The van der Waals surface area contributed by atoms with Crippen LogP contribution in [0.1, 0.15) is 29.8 Å². The minimum atomic E-state index is -0.0638. The molecule has 0 bridgehead atoms. The fraction of sp³-hybridized carbons (Fsp3) is 0.462. The first-order chi connectivity index (χ1) is 7.91. The van der Waals surface area contributed by atoms with E-state index in [2.05, 4.69) is 21.2 Å². The normalized spacial score (nSPS) is 12.6. The molecular weight excluding hydrogens is 280 g/mol. The van der Waals surface area contributed by atoms with Gasteiger partial charge in [-0.05, 0) is 36.6 Å². The van der Waals surface area contributed by atoms with Crippen LogP contribution < -0.4 is 11.1 Å². The summed E-state index contributed by atoms with van der Waals surface area (Å²) in [6.07, 6.45) is 0. The molecule has 1 amide bonds. The monoisotopic (exact) mass is 298 g/mol. The van der Waals surface area contributed by atoms with E-state index in [4.69, 9.17) is 5.73 Å². The van der Waals surface area contributed by atoms with Crippen molar-refractivity contribution in [2.75, 3.05) is 6.54 Å². The zero-order valence-electron chi connectivity index (χ0n) is 10.5. The number of hydrogen-bond donors (Lipinski definition) is 2. The van der Waals surface area contributed by atoms with Gasteiger partial charge in [0.05, 0.1) is 0 Å². The first-order valence-corrected chi connectivity index (χ1v) is 6.51. The maximum absolute atomic E-state index is 11.9. The molecule has 0 fully saturated rings. The highest BCUT2D eigenvalue weighted by Crippen LogP contribution is 2.15. The molecule has 0 aliphatic heterocycles. The summed E-state index contributed by atoms with van der Waals surface area (Å²) < 4.78 is 0.977. The quantitative estimate of drug-likeness (QED) is 0.897. The lowest BCUT2D eigenvalue weighted by Crippen LogP contribution is -2.40. The molecule has 0 aromatic heterocycles. The summed E-state index contributed by atoms with van der Waals surface area (Å²) >= 11 is 3.37. The average molecular weight is 299 g/mol. The third-order valence-electron chi connectivity index (χ3n) is 2.79. The van der Waals surface area contributed by atoms with E-state index in [-0.39, 0.29) is 11.9 Å². The highest BCUT2D eigenvalue weighted by atomic mass is 79.9. The molecule has 0 saturated heterocycles. The first-order valence-electron chi connectivity index (χ1n) is 5.71. The van der Waals surface area contributed by atoms with Crippen LogP contribution in [0.25, 0.3) is 0 Å². The molecular formula is C13H19BrN2O. The molecule has 0 aliphatic carbocycles. The topological polar surface area (TPSA) is 55.1 Å². The van der Waals surface area contributed by atoms with Crippen LogP contribution in [0.3, 0.4) is 0 Å². The second-order valence-corrected chi connectivity index (χ2v) is 5.49. The van der Waals surface area contributed by atoms with Crippen molar-refractivity contribution in [3.05, 3.63) is 33.8 Å². The zero-order chi connectivity index (χ0) is 13.0. The van der Waals surface area contributed by atoms with Gasteiger partial charge in [0.25, 0.3) is 5.91 Å². The molecule has 1 rings (SSSR count). The number of nitrogens with two attached hydrogens (primary N) is 1. The first kappa shape index (κ1) is 14.2. The number of hydrogen-bond acceptors (Lipinski definition) is 2. The Labute approximate surface area is 111 Å². The van der Waals surface area contributed by atoms with Crippen LogP contribution in [0.15, 0.2) is 22.7 Å². The van der Waals surface area contributed by atoms with Crippen LogP contribution in [0, 0.1) is 12.8 Å². The number of carbonyl (C=O) groups is 1. The van der Waals surface area contributed by atoms with E-state index in [0.717, 1.165) is 10.0 Å². The second kappa shape index (κ2) is 6.17. The number of aryl methyl sites for hydroxylation is 1. The summed E-state index contributed by atoms with van der Waals surface area (Å²) in [4.78, 5) is 11.9. The molecule has 17 heavy (non-hydrogen) atoms. The van der Waals surface area contributed by atoms with Crippen molar-refractivity contribution >= 4 is 21.8 Å². The summed E-state index contributed by atoms with van der Waals surface area (Å²) in [5.41, 5.74) is 7.53. The standard InChI is InChI=1S/C13H19BrN2O/c1-8(2)12(15)7-16-13(17)11-5-4-10(14)6-9(11)3/h4-6,8,12H,7,15H2,1-3H3,(H,16,17). The number of halogens is 1. The van der Waals surface area contributed by atoms with Gasteiger partial charge in [-0.3, -0.25) is 4.79 Å². The van der Waals surface area contributed by atoms with Gasteiger partial charge in [0.1, 0.15) is 0 Å². The Morgan fingerprint density at radius 1 is 1.47 bits per heavy atom.